The van der Waals surface area contributed by atoms with Crippen LogP contribution in [0.3, 0.4) is 0 Å². The summed E-state index contributed by atoms with van der Waals surface area (Å²) in [4.78, 5) is 22.9. The summed E-state index contributed by atoms with van der Waals surface area (Å²) in [6.07, 6.45) is 0.726. The van der Waals surface area contributed by atoms with Gasteiger partial charge >= 0.3 is 0 Å². The van der Waals surface area contributed by atoms with Gasteiger partial charge < -0.3 is 0 Å². The summed E-state index contributed by atoms with van der Waals surface area (Å²) < 4.78 is 0. The van der Waals surface area contributed by atoms with E-state index >= 15 is 0 Å². The molecule has 0 aliphatic carbocycles. The van der Waals surface area contributed by atoms with E-state index in [0.29, 0.717) is 11.6 Å². The minimum Gasteiger partial charge on any atom is -0.258 e. The number of hydrogen-bond acceptors (Lipinski definition) is 5. The van der Waals surface area contributed by atoms with Gasteiger partial charge in [0.15, 0.2) is 5.82 Å². The van der Waals surface area contributed by atoms with Crippen molar-refractivity contribution in [2.24, 2.45) is 0 Å². The third-order valence-electron chi connectivity index (χ3n) is 2.45. The van der Waals surface area contributed by atoms with Gasteiger partial charge in [0.2, 0.25) is 0 Å². The standard InChI is InChI=1S/C12H12N4O2/c1-3-11-13-8(2)14-12(15-11)9-4-6-10(7-5-9)16(17)18/h4-7H,3H2,1-2H3. The maximum Gasteiger partial charge on any atom is 0.269 e. The largest absolute Gasteiger partial charge is 0.269 e. The van der Waals surface area contributed by atoms with Crippen molar-refractivity contribution >= 4 is 5.69 Å². The molecule has 0 bridgehead atoms. The summed E-state index contributed by atoms with van der Waals surface area (Å²) in [5.41, 5.74) is 0.807. The summed E-state index contributed by atoms with van der Waals surface area (Å²) in [5.74, 6) is 1.92. The predicted molar refractivity (Wildman–Crippen MR) is 66.0 cm³/mol. The van der Waals surface area contributed by atoms with Crippen LogP contribution in [0.25, 0.3) is 11.4 Å². The average molecular weight is 244 g/mol. The lowest BCUT2D eigenvalue weighted by atomic mass is 10.2. The summed E-state index contributed by atoms with van der Waals surface area (Å²) in [6.45, 7) is 3.77. The molecule has 0 unspecified atom stereocenters. The van der Waals surface area contributed by atoms with E-state index in [1.807, 2.05) is 6.92 Å². The number of nitro benzene ring substituents is 1. The van der Waals surface area contributed by atoms with Crippen molar-refractivity contribution in [2.75, 3.05) is 0 Å². The fourth-order valence-electron chi connectivity index (χ4n) is 1.56. The Kier molecular flexibility index (Phi) is 3.27. The molecule has 18 heavy (non-hydrogen) atoms. The monoisotopic (exact) mass is 244 g/mol. The van der Waals surface area contributed by atoms with E-state index in [1.165, 1.54) is 12.1 Å². The molecule has 1 heterocycles. The van der Waals surface area contributed by atoms with Crippen LogP contribution >= 0.6 is 0 Å². The topological polar surface area (TPSA) is 81.8 Å². The zero-order valence-corrected chi connectivity index (χ0v) is 10.1. The highest BCUT2D eigenvalue weighted by atomic mass is 16.6. The first-order valence-electron chi connectivity index (χ1n) is 5.56. The second-order valence-corrected chi connectivity index (χ2v) is 3.78. The Balaban J connectivity index is 2.42. The molecule has 1 aromatic heterocycles. The van der Waals surface area contributed by atoms with Crippen LogP contribution < -0.4 is 0 Å². The van der Waals surface area contributed by atoms with E-state index in [9.17, 15) is 10.1 Å². The van der Waals surface area contributed by atoms with Crippen LogP contribution in [0.15, 0.2) is 24.3 Å². The van der Waals surface area contributed by atoms with E-state index in [0.717, 1.165) is 17.8 Å². The zero-order chi connectivity index (χ0) is 13.1. The minimum absolute atomic E-state index is 0.0558. The number of nitrogens with zero attached hydrogens (tertiary/aromatic N) is 4. The molecular weight excluding hydrogens is 232 g/mol. The van der Waals surface area contributed by atoms with Crippen LogP contribution in [0, 0.1) is 17.0 Å². The maximum absolute atomic E-state index is 10.6. The van der Waals surface area contributed by atoms with Gasteiger partial charge in [-0.1, -0.05) is 6.92 Å². The Bertz CT molecular complexity index is 581. The summed E-state index contributed by atoms with van der Waals surface area (Å²) in [7, 11) is 0. The third-order valence-corrected chi connectivity index (χ3v) is 2.45. The first-order valence-corrected chi connectivity index (χ1v) is 5.56. The zero-order valence-electron chi connectivity index (χ0n) is 10.1. The molecule has 0 saturated heterocycles. The molecule has 0 saturated carbocycles. The molecule has 6 heteroatoms. The first-order chi connectivity index (χ1) is 8.60. The number of benzene rings is 1. The highest BCUT2D eigenvalue weighted by Gasteiger charge is 2.08. The molecule has 6 nitrogen and oxygen atoms in total. The van der Waals surface area contributed by atoms with Gasteiger partial charge in [-0.05, 0) is 19.1 Å². The third kappa shape index (κ3) is 2.48. The van der Waals surface area contributed by atoms with Crippen LogP contribution in [-0.2, 0) is 6.42 Å². The molecule has 0 fully saturated rings. The van der Waals surface area contributed by atoms with Crippen molar-refractivity contribution in [1.29, 1.82) is 0 Å². The second-order valence-electron chi connectivity index (χ2n) is 3.78. The van der Waals surface area contributed by atoms with Crippen LogP contribution in [0.4, 0.5) is 5.69 Å². The summed E-state index contributed by atoms with van der Waals surface area (Å²) >= 11 is 0. The van der Waals surface area contributed by atoms with Crippen LogP contribution in [0.1, 0.15) is 18.6 Å². The average Bonchev–Trinajstić information content (AvgIpc) is 2.38. The van der Waals surface area contributed by atoms with Gasteiger partial charge in [0, 0.05) is 24.1 Å². The Morgan fingerprint density at radius 3 is 2.39 bits per heavy atom. The molecule has 0 aliphatic heterocycles. The molecule has 0 N–H and O–H groups in total. The van der Waals surface area contributed by atoms with E-state index in [2.05, 4.69) is 15.0 Å². The fourth-order valence-corrected chi connectivity index (χ4v) is 1.56. The van der Waals surface area contributed by atoms with Crippen LogP contribution in [0.2, 0.25) is 0 Å². The van der Waals surface area contributed by atoms with Crippen LogP contribution in [0.5, 0.6) is 0 Å². The predicted octanol–water partition coefficient (Wildman–Crippen LogP) is 2.32. The highest BCUT2D eigenvalue weighted by Crippen LogP contribution is 2.19. The lowest BCUT2D eigenvalue weighted by Crippen LogP contribution is -2.01. The maximum atomic E-state index is 10.6. The van der Waals surface area contributed by atoms with Crippen molar-refractivity contribution in [3.05, 3.63) is 46.0 Å². The Morgan fingerprint density at radius 2 is 1.83 bits per heavy atom. The van der Waals surface area contributed by atoms with Gasteiger partial charge in [0.1, 0.15) is 11.6 Å². The second kappa shape index (κ2) is 4.87. The minimum atomic E-state index is -0.431. The molecule has 0 amide bonds. The van der Waals surface area contributed by atoms with E-state index in [-0.39, 0.29) is 5.69 Å². The molecule has 0 atom stereocenters. The molecule has 2 rings (SSSR count). The Hall–Kier alpha value is -2.37. The number of aryl methyl sites for hydroxylation is 2. The Morgan fingerprint density at radius 1 is 1.17 bits per heavy atom. The first kappa shape index (κ1) is 12.1. The highest BCUT2D eigenvalue weighted by molar-refractivity contribution is 5.57. The molecule has 0 radical (unpaired) electrons. The van der Waals surface area contributed by atoms with Gasteiger partial charge in [0.05, 0.1) is 4.92 Å². The number of hydrogen-bond donors (Lipinski definition) is 0. The van der Waals surface area contributed by atoms with Gasteiger partial charge in [-0.2, -0.15) is 0 Å². The van der Waals surface area contributed by atoms with E-state index in [4.69, 9.17) is 0 Å². The van der Waals surface area contributed by atoms with Crippen molar-refractivity contribution in [3.63, 3.8) is 0 Å². The normalized spacial score (nSPS) is 10.3. The molecule has 0 spiro atoms. The molecular formula is C12H12N4O2. The van der Waals surface area contributed by atoms with E-state index in [1.54, 1.807) is 19.1 Å². The SMILES string of the molecule is CCc1nc(C)nc(-c2ccc([N+](=O)[O-])cc2)n1. The van der Waals surface area contributed by atoms with Gasteiger partial charge in [-0.25, -0.2) is 15.0 Å². The van der Waals surface area contributed by atoms with Crippen molar-refractivity contribution < 1.29 is 4.92 Å². The van der Waals surface area contributed by atoms with Gasteiger partial charge in [-0.3, -0.25) is 10.1 Å². The Labute approximate surface area is 104 Å². The van der Waals surface area contributed by atoms with Gasteiger partial charge in [-0.15, -0.1) is 0 Å². The molecule has 92 valence electrons. The summed E-state index contributed by atoms with van der Waals surface area (Å²) in [6, 6.07) is 6.18. The van der Waals surface area contributed by atoms with Gasteiger partial charge in [0.25, 0.3) is 5.69 Å². The smallest absolute Gasteiger partial charge is 0.258 e. The fraction of sp³-hybridized carbons (Fsp3) is 0.250. The van der Waals surface area contributed by atoms with Crippen molar-refractivity contribution in [2.45, 2.75) is 20.3 Å². The number of rotatable bonds is 3. The number of non-ortho nitro benzene ring substituents is 1. The lowest BCUT2D eigenvalue weighted by Gasteiger charge is -2.03. The molecule has 2 aromatic rings. The quantitative estimate of drug-likeness (QED) is 0.611. The van der Waals surface area contributed by atoms with Crippen molar-refractivity contribution in [1.82, 2.24) is 15.0 Å². The summed E-state index contributed by atoms with van der Waals surface area (Å²) in [5, 5.41) is 10.6. The molecule has 0 aliphatic rings. The lowest BCUT2D eigenvalue weighted by molar-refractivity contribution is -0.384. The van der Waals surface area contributed by atoms with Crippen LogP contribution in [-0.4, -0.2) is 19.9 Å². The molecule has 1 aromatic carbocycles. The number of aromatic nitrogens is 3. The van der Waals surface area contributed by atoms with E-state index < -0.39 is 4.92 Å². The van der Waals surface area contributed by atoms with Crippen molar-refractivity contribution in [3.8, 4) is 11.4 Å². The number of nitro groups is 1.